The smallest absolute Gasteiger partial charge is 0.249 e. The molecule has 3 heterocycles. The summed E-state index contributed by atoms with van der Waals surface area (Å²) in [7, 11) is -3.83. The summed E-state index contributed by atoms with van der Waals surface area (Å²) in [5.74, 6) is 1.36. The summed E-state index contributed by atoms with van der Waals surface area (Å²) in [5, 5.41) is 12.1. The maximum atomic E-state index is 14.0. The fourth-order valence-corrected chi connectivity index (χ4v) is 8.80. The van der Waals surface area contributed by atoms with Crippen LogP contribution in [0.5, 0.6) is 0 Å². The molecule has 32 heavy (non-hydrogen) atoms. The first-order valence-electron chi connectivity index (χ1n) is 10.9. The number of aromatic nitrogens is 2. The van der Waals surface area contributed by atoms with Crippen LogP contribution in [0.25, 0.3) is 17.7 Å². The molecule has 0 radical (unpaired) electrons. The van der Waals surface area contributed by atoms with Crippen molar-refractivity contribution < 1.29 is 8.42 Å². The molecule has 2 aromatic heterocycles. The van der Waals surface area contributed by atoms with E-state index in [9.17, 15) is 13.7 Å². The molecule has 3 atom stereocenters. The molecule has 0 bridgehead atoms. The van der Waals surface area contributed by atoms with Gasteiger partial charge in [-0.25, -0.2) is 8.96 Å². The lowest BCUT2D eigenvalue weighted by atomic mass is 9.87. The topological polar surface area (TPSA) is 75.8 Å². The largest absolute Gasteiger partial charge is 0.279 e. The SMILES string of the molecule is Cc1ncc(S(=O)(=O)n2c(C3=CCC(C)C=C3)c(C3CCSC3C#N)c3c2=CCCC=3)s1. The van der Waals surface area contributed by atoms with Crippen molar-refractivity contribution in [1.82, 2.24) is 8.96 Å². The Kier molecular flexibility index (Phi) is 5.68. The number of nitriles is 1. The minimum absolute atomic E-state index is 0.0183. The zero-order chi connectivity index (χ0) is 22.5. The van der Waals surface area contributed by atoms with Crippen molar-refractivity contribution in [2.45, 2.75) is 54.9 Å². The lowest BCUT2D eigenvalue weighted by Crippen LogP contribution is -2.36. The fraction of sp³-hybridized carbons (Fsp3) is 0.417. The molecule has 2 aliphatic carbocycles. The molecule has 166 valence electrons. The van der Waals surface area contributed by atoms with Gasteiger partial charge in [0.05, 0.1) is 33.6 Å². The van der Waals surface area contributed by atoms with Gasteiger partial charge >= 0.3 is 0 Å². The Labute approximate surface area is 196 Å². The number of thiazole rings is 1. The Bertz CT molecular complexity index is 1400. The minimum Gasteiger partial charge on any atom is -0.249 e. The standard InChI is InChI=1S/C24H25N3O2S3/c1-15-7-9-17(10-8-15)24-23(19-11-12-30-21(19)13-25)18-5-3-4-6-20(18)27(24)32(28,29)22-14-26-16(2)31-22/h5-7,9-10,14-15,19,21H,3-4,8,11-12H2,1-2H3. The lowest BCUT2D eigenvalue weighted by Gasteiger charge is -2.20. The molecule has 1 aliphatic heterocycles. The molecule has 0 N–H and O–H groups in total. The fourth-order valence-electron chi connectivity index (χ4n) is 4.82. The van der Waals surface area contributed by atoms with E-state index in [-0.39, 0.29) is 15.4 Å². The van der Waals surface area contributed by atoms with Crippen LogP contribution in [0.3, 0.4) is 0 Å². The van der Waals surface area contributed by atoms with Crippen LogP contribution in [0, 0.1) is 24.2 Å². The van der Waals surface area contributed by atoms with E-state index in [0.29, 0.717) is 5.92 Å². The number of allylic oxidation sites excluding steroid dienone is 4. The monoisotopic (exact) mass is 483 g/mol. The first-order chi connectivity index (χ1) is 15.4. The second kappa shape index (κ2) is 8.36. The van der Waals surface area contributed by atoms with Crippen molar-refractivity contribution in [2.24, 2.45) is 5.92 Å². The number of thioether (sulfide) groups is 1. The Morgan fingerprint density at radius 3 is 2.75 bits per heavy atom. The summed E-state index contributed by atoms with van der Waals surface area (Å²) in [6.45, 7) is 3.98. The van der Waals surface area contributed by atoms with Crippen LogP contribution in [0.2, 0.25) is 0 Å². The van der Waals surface area contributed by atoms with Gasteiger partial charge in [-0.05, 0) is 55.4 Å². The number of nitrogens with zero attached hydrogens (tertiary/aromatic N) is 3. The molecule has 3 aliphatic rings. The van der Waals surface area contributed by atoms with Crippen molar-refractivity contribution >= 4 is 50.8 Å². The van der Waals surface area contributed by atoms with Crippen LogP contribution in [0.4, 0.5) is 0 Å². The van der Waals surface area contributed by atoms with E-state index < -0.39 is 10.0 Å². The third kappa shape index (κ3) is 3.51. The molecule has 0 saturated carbocycles. The molecule has 5 nitrogen and oxygen atoms in total. The highest BCUT2D eigenvalue weighted by molar-refractivity contribution is 8.00. The zero-order valence-electron chi connectivity index (χ0n) is 18.1. The van der Waals surface area contributed by atoms with E-state index in [1.165, 1.54) is 17.5 Å². The highest BCUT2D eigenvalue weighted by atomic mass is 32.2. The molecule has 5 rings (SSSR count). The van der Waals surface area contributed by atoms with Crippen molar-refractivity contribution in [3.63, 3.8) is 0 Å². The van der Waals surface area contributed by atoms with Crippen LogP contribution < -0.4 is 10.6 Å². The molecule has 0 amide bonds. The number of rotatable bonds is 4. The maximum Gasteiger partial charge on any atom is 0.279 e. The van der Waals surface area contributed by atoms with Gasteiger partial charge in [0.1, 0.15) is 0 Å². The number of hydrogen-bond acceptors (Lipinski definition) is 6. The summed E-state index contributed by atoms with van der Waals surface area (Å²) in [4.78, 5) is 4.22. The quantitative estimate of drug-likeness (QED) is 0.659. The van der Waals surface area contributed by atoms with Crippen LogP contribution in [-0.4, -0.2) is 28.4 Å². The van der Waals surface area contributed by atoms with Gasteiger partial charge in [-0.3, -0.25) is 0 Å². The predicted molar refractivity (Wildman–Crippen MR) is 131 cm³/mol. The van der Waals surface area contributed by atoms with Crippen LogP contribution in [0.1, 0.15) is 54.8 Å². The molecular formula is C24H25N3O2S3. The Morgan fingerprint density at radius 1 is 1.25 bits per heavy atom. The summed E-state index contributed by atoms with van der Waals surface area (Å²) < 4.78 is 29.8. The molecule has 2 aromatic rings. The number of hydrogen-bond donors (Lipinski definition) is 0. The molecular weight excluding hydrogens is 458 g/mol. The second-order valence-electron chi connectivity index (χ2n) is 8.56. The summed E-state index contributed by atoms with van der Waals surface area (Å²) in [5.41, 5.74) is 2.71. The first kappa shape index (κ1) is 21.7. The second-order valence-corrected chi connectivity index (χ2v) is 13.1. The van der Waals surface area contributed by atoms with E-state index in [0.717, 1.165) is 63.8 Å². The van der Waals surface area contributed by atoms with Gasteiger partial charge in [-0.2, -0.15) is 13.7 Å². The third-order valence-electron chi connectivity index (χ3n) is 6.37. The molecule has 1 saturated heterocycles. The summed E-state index contributed by atoms with van der Waals surface area (Å²) in [6, 6.07) is 2.47. The Balaban J connectivity index is 1.87. The van der Waals surface area contributed by atoms with Crippen molar-refractivity contribution in [2.75, 3.05) is 5.75 Å². The van der Waals surface area contributed by atoms with Crippen LogP contribution in [0.15, 0.2) is 28.6 Å². The summed E-state index contributed by atoms with van der Waals surface area (Å²) >= 11 is 2.88. The normalized spacial score (nSPS) is 24.9. The lowest BCUT2D eigenvalue weighted by molar-refractivity contribution is 0.587. The van der Waals surface area contributed by atoms with Crippen molar-refractivity contribution in [3.8, 4) is 6.07 Å². The average Bonchev–Trinajstić information content (AvgIpc) is 3.50. The van der Waals surface area contributed by atoms with Gasteiger partial charge in [0.25, 0.3) is 10.0 Å². The molecule has 3 unspecified atom stereocenters. The minimum atomic E-state index is -3.83. The van der Waals surface area contributed by atoms with Gasteiger partial charge in [0.15, 0.2) is 4.21 Å². The number of fused-ring (bicyclic) bond motifs is 1. The average molecular weight is 484 g/mol. The zero-order valence-corrected chi connectivity index (χ0v) is 20.6. The van der Waals surface area contributed by atoms with E-state index in [1.54, 1.807) is 15.7 Å². The van der Waals surface area contributed by atoms with Crippen molar-refractivity contribution in [3.05, 3.63) is 51.3 Å². The Morgan fingerprint density at radius 2 is 2.06 bits per heavy atom. The van der Waals surface area contributed by atoms with Crippen LogP contribution >= 0.6 is 23.1 Å². The molecule has 0 spiro atoms. The van der Waals surface area contributed by atoms with Gasteiger partial charge in [0.2, 0.25) is 0 Å². The predicted octanol–water partition coefficient (Wildman–Crippen LogP) is 3.94. The van der Waals surface area contributed by atoms with E-state index in [2.05, 4.69) is 42.3 Å². The van der Waals surface area contributed by atoms with Gasteiger partial charge in [-0.15, -0.1) is 23.1 Å². The van der Waals surface area contributed by atoms with Crippen molar-refractivity contribution in [1.29, 1.82) is 5.26 Å². The van der Waals surface area contributed by atoms with Gasteiger partial charge < -0.3 is 0 Å². The maximum absolute atomic E-state index is 14.0. The number of aryl methyl sites for hydroxylation is 1. The van der Waals surface area contributed by atoms with Crippen LogP contribution in [-0.2, 0) is 10.0 Å². The summed E-state index contributed by atoms with van der Waals surface area (Å²) in [6.07, 6.45) is 15.5. The third-order valence-corrected chi connectivity index (χ3v) is 10.7. The van der Waals surface area contributed by atoms with Gasteiger partial charge in [-0.1, -0.05) is 37.3 Å². The van der Waals surface area contributed by atoms with E-state index in [1.807, 2.05) is 13.0 Å². The highest BCUT2D eigenvalue weighted by Gasteiger charge is 2.37. The molecule has 1 fully saturated rings. The van der Waals surface area contributed by atoms with E-state index in [4.69, 9.17) is 0 Å². The van der Waals surface area contributed by atoms with E-state index >= 15 is 0 Å². The Hall–Kier alpha value is -2.08. The molecule has 8 heteroatoms. The molecule has 0 aromatic carbocycles. The first-order valence-corrected chi connectivity index (χ1v) is 14.2. The highest BCUT2D eigenvalue weighted by Crippen LogP contribution is 2.42. The van der Waals surface area contributed by atoms with Gasteiger partial charge in [0, 0.05) is 11.1 Å².